The summed E-state index contributed by atoms with van der Waals surface area (Å²) >= 11 is 0. The van der Waals surface area contributed by atoms with Gasteiger partial charge in [-0.05, 0) is 48.1 Å². The molecule has 31 heavy (non-hydrogen) atoms. The Hall–Kier alpha value is -3.60. The fourth-order valence-electron chi connectivity index (χ4n) is 3.53. The standard InChI is InChI=1S/C26H27N3O2/c30-25(22-14-15-22)28-23-13-7-10-20(16-23)18-27-26(31)29-24(21-11-5-2-6-12-21)17-19-8-3-1-4-9-19/h1-13,16,22,24H,14-15,17-18H2,(H,28,30)(H2,27,29,31). The summed E-state index contributed by atoms with van der Waals surface area (Å²) in [6.07, 6.45) is 2.65. The highest BCUT2D eigenvalue weighted by molar-refractivity contribution is 5.94. The van der Waals surface area contributed by atoms with Gasteiger partial charge in [0, 0.05) is 18.2 Å². The third kappa shape index (κ3) is 6.19. The Morgan fingerprint density at radius 1 is 0.839 bits per heavy atom. The highest BCUT2D eigenvalue weighted by Gasteiger charge is 2.29. The molecule has 0 aliphatic heterocycles. The molecule has 1 aliphatic carbocycles. The fourth-order valence-corrected chi connectivity index (χ4v) is 3.53. The lowest BCUT2D eigenvalue weighted by Crippen LogP contribution is -2.38. The van der Waals surface area contributed by atoms with E-state index in [1.54, 1.807) is 0 Å². The van der Waals surface area contributed by atoms with Gasteiger partial charge in [0.1, 0.15) is 0 Å². The molecule has 1 unspecified atom stereocenters. The summed E-state index contributed by atoms with van der Waals surface area (Å²) in [7, 11) is 0. The van der Waals surface area contributed by atoms with Crippen LogP contribution in [-0.4, -0.2) is 11.9 Å². The lowest BCUT2D eigenvalue weighted by Gasteiger charge is -2.20. The molecule has 4 rings (SSSR count). The molecule has 3 N–H and O–H groups in total. The van der Waals surface area contributed by atoms with Crippen molar-refractivity contribution in [2.75, 3.05) is 5.32 Å². The van der Waals surface area contributed by atoms with Gasteiger partial charge in [-0.3, -0.25) is 4.79 Å². The van der Waals surface area contributed by atoms with E-state index in [0.717, 1.165) is 35.2 Å². The van der Waals surface area contributed by atoms with Crippen LogP contribution in [0.1, 0.15) is 35.6 Å². The van der Waals surface area contributed by atoms with Gasteiger partial charge in [0.25, 0.3) is 0 Å². The summed E-state index contributed by atoms with van der Waals surface area (Å²) in [5.74, 6) is 0.238. The zero-order valence-corrected chi connectivity index (χ0v) is 17.4. The smallest absolute Gasteiger partial charge is 0.315 e. The molecular weight excluding hydrogens is 386 g/mol. The molecule has 0 saturated heterocycles. The van der Waals surface area contributed by atoms with Gasteiger partial charge in [-0.15, -0.1) is 0 Å². The van der Waals surface area contributed by atoms with E-state index in [1.165, 1.54) is 0 Å². The number of carbonyl (C=O) groups excluding carboxylic acids is 2. The zero-order chi connectivity index (χ0) is 21.5. The number of carbonyl (C=O) groups is 2. The monoisotopic (exact) mass is 413 g/mol. The van der Waals surface area contributed by atoms with Crippen molar-refractivity contribution in [2.24, 2.45) is 5.92 Å². The molecule has 3 amide bonds. The first-order valence-corrected chi connectivity index (χ1v) is 10.7. The summed E-state index contributed by atoms with van der Waals surface area (Å²) in [5.41, 5.74) is 3.92. The maximum atomic E-state index is 12.7. The molecule has 1 saturated carbocycles. The van der Waals surface area contributed by atoms with Gasteiger partial charge in [-0.2, -0.15) is 0 Å². The lowest BCUT2D eigenvalue weighted by molar-refractivity contribution is -0.117. The SMILES string of the molecule is O=C(NCc1cccc(NC(=O)C2CC2)c1)NC(Cc1ccccc1)c1ccccc1. The van der Waals surface area contributed by atoms with E-state index in [9.17, 15) is 9.59 Å². The number of rotatable bonds is 8. The summed E-state index contributed by atoms with van der Waals surface area (Å²) in [5, 5.41) is 8.99. The molecule has 1 fully saturated rings. The fraction of sp³-hybridized carbons (Fsp3) is 0.231. The number of urea groups is 1. The molecule has 0 bridgehead atoms. The first-order chi connectivity index (χ1) is 15.2. The number of benzene rings is 3. The molecule has 158 valence electrons. The zero-order valence-electron chi connectivity index (χ0n) is 17.4. The van der Waals surface area contributed by atoms with Crippen molar-refractivity contribution >= 4 is 17.6 Å². The van der Waals surface area contributed by atoms with Crippen molar-refractivity contribution in [3.63, 3.8) is 0 Å². The predicted molar refractivity (Wildman–Crippen MR) is 122 cm³/mol. The molecule has 0 aromatic heterocycles. The van der Waals surface area contributed by atoms with Crippen molar-refractivity contribution in [3.8, 4) is 0 Å². The van der Waals surface area contributed by atoms with E-state index in [-0.39, 0.29) is 23.9 Å². The van der Waals surface area contributed by atoms with Crippen LogP contribution in [0.5, 0.6) is 0 Å². The van der Waals surface area contributed by atoms with E-state index in [4.69, 9.17) is 0 Å². The van der Waals surface area contributed by atoms with Crippen LogP contribution < -0.4 is 16.0 Å². The molecule has 1 atom stereocenters. The summed E-state index contributed by atoms with van der Waals surface area (Å²) in [4.78, 5) is 24.6. The van der Waals surface area contributed by atoms with Crippen LogP contribution in [0.2, 0.25) is 0 Å². The van der Waals surface area contributed by atoms with E-state index in [1.807, 2.05) is 72.8 Å². The Morgan fingerprint density at radius 3 is 2.23 bits per heavy atom. The van der Waals surface area contributed by atoms with E-state index < -0.39 is 0 Å². The predicted octanol–water partition coefficient (Wildman–Crippen LogP) is 4.82. The molecular formula is C26H27N3O2. The van der Waals surface area contributed by atoms with Crippen molar-refractivity contribution < 1.29 is 9.59 Å². The van der Waals surface area contributed by atoms with Crippen LogP contribution in [0.25, 0.3) is 0 Å². The van der Waals surface area contributed by atoms with E-state index in [0.29, 0.717) is 13.0 Å². The molecule has 3 aromatic rings. The second-order valence-corrected chi connectivity index (χ2v) is 7.94. The normalized spacial score (nSPS) is 13.8. The van der Waals surface area contributed by atoms with Crippen LogP contribution in [-0.2, 0) is 17.8 Å². The Balaban J connectivity index is 1.36. The minimum absolute atomic E-state index is 0.0782. The number of nitrogens with one attached hydrogen (secondary N) is 3. The minimum atomic E-state index is -0.225. The van der Waals surface area contributed by atoms with Crippen LogP contribution in [0.3, 0.4) is 0 Å². The topological polar surface area (TPSA) is 70.2 Å². The van der Waals surface area contributed by atoms with Crippen LogP contribution in [0.4, 0.5) is 10.5 Å². The van der Waals surface area contributed by atoms with E-state index >= 15 is 0 Å². The number of amides is 3. The van der Waals surface area contributed by atoms with Gasteiger partial charge < -0.3 is 16.0 Å². The second kappa shape index (κ2) is 9.94. The van der Waals surface area contributed by atoms with Crippen LogP contribution >= 0.6 is 0 Å². The van der Waals surface area contributed by atoms with Crippen LogP contribution in [0.15, 0.2) is 84.9 Å². The Kier molecular flexibility index (Phi) is 6.62. The third-order valence-corrected chi connectivity index (χ3v) is 5.39. The number of anilines is 1. The van der Waals surface area contributed by atoms with Crippen LogP contribution in [0, 0.1) is 5.92 Å². The number of hydrogen-bond acceptors (Lipinski definition) is 2. The van der Waals surface area contributed by atoms with E-state index in [2.05, 4.69) is 28.1 Å². The molecule has 5 nitrogen and oxygen atoms in total. The van der Waals surface area contributed by atoms with Gasteiger partial charge in [0.2, 0.25) is 5.91 Å². The number of hydrogen-bond donors (Lipinski definition) is 3. The summed E-state index contributed by atoms with van der Waals surface area (Å²) in [6, 6.07) is 27.4. The molecule has 0 heterocycles. The Labute approximate surface area is 182 Å². The van der Waals surface area contributed by atoms with Gasteiger partial charge >= 0.3 is 6.03 Å². The second-order valence-electron chi connectivity index (χ2n) is 7.94. The maximum absolute atomic E-state index is 12.7. The van der Waals surface area contributed by atoms with Crippen molar-refractivity contribution in [2.45, 2.75) is 31.8 Å². The average molecular weight is 414 g/mol. The first-order valence-electron chi connectivity index (χ1n) is 10.7. The Bertz CT molecular complexity index is 1020. The van der Waals surface area contributed by atoms with Gasteiger partial charge in [0.15, 0.2) is 0 Å². The highest BCUT2D eigenvalue weighted by atomic mass is 16.2. The average Bonchev–Trinajstić information content (AvgIpc) is 3.65. The molecule has 1 aliphatic rings. The Morgan fingerprint density at radius 2 is 1.52 bits per heavy atom. The van der Waals surface area contributed by atoms with Gasteiger partial charge in [-0.25, -0.2) is 4.79 Å². The molecule has 3 aromatic carbocycles. The van der Waals surface area contributed by atoms with Gasteiger partial charge in [0.05, 0.1) is 6.04 Å². The molecule has 5 heteroatoms. The summed E-state index contributed by atoms with van der Waals surface area (Å²) < 4.78 is 0. The largest absolute Gasteiger partial charge is 0.334 e. The van der Waals surface area contributed by atoms with Crippen molar-refractivity contribution in [1.82, 2.24) is 10.6 Å². The van der Waals surface area contributed by atoms with Crippen molar-refractivity contribution in [1.29, 1.82) is 0 Å². The third-order valence-electron chi connectivity index (χ3n) is 5.39. The minimum Gasteiger partial charge on any atom is -0.334 e. The van der Waals surface area contributed by atoms with Crippen molar-refractivity contribution in [3.05, 3.63) is 102 Å². The summed E-state index contributed by atoms with van der Waals surface area (Å²) in [6.45, 7) is 0.381. The maximum Gasteiger partial charge on any atom is 0.315 e. The quantitative estimate of drug-likeness (QED) is 0.496. The van der Waals surface area contributed by atoms with Gasteiger partial charge in [-0.1, -0.05) is 72.8 Å². The molecule has 0 spiro atoms. The first kappa shape index (κ1) is 20.7. The molecule has 0 radical (unpaired) electrons. The highest BCUT2D eigenvalue weighted by Crippen LogP contribution is 2.30. The lowest BCUT2D eigenvalue weighted by atomic mass is 9.99.